The summed E-state index contributed by atoms with van der Waals surface area (Å²) in [5.41, 5.74) is 9.10. The number of carbonyl (C=O) groups is 1. The number of hydrogen-bond donors (Lipinski definition) is 3. The molecule has 38 heavy (non-hydrogen) atoms. The molecule has 0 aliphatic carbocycles. The Morgan fingerprint density at radius 3 is 2.71 bits per heavy atom. The van der Waals surface area contributed by atoms with Crippen LogP contribution in [0.15, 0.2) is 28.4 Å². The minimum atomic E-state index is -0.211. The van der Waals surface area contributed by atoms with Gasteiger partial charge in [0, 0.05) is 48.8 Å². The van der Waals surface area contributed by atoms with Crippen LogP contribution in [0.3, 0.4) is 0 Å². The van der Waals surface area contributed by atoms with Gasteiger partial charge in [0.25, 0.3) is 0 Å². The number of aryl methyl sites for hydroxylation is 1. The van der Waals surface area contributed by atoms with Crippen LogP contribution >= 0.6 is 35.8 Å². The molecule has 0 unspecified atom stereocenters. The molecule has 0 radical (unpaired) electrons. The number of nitrogens with two attached hydrogens (primary N) is 1. The molecule has 13 heteroatoms. The monoisotopic (exact) mass is 581 g/mol. The second-order valence-electron chi connectivity index (χ2n) is 9.90. The van der Waals surface area contributed by atoms with Crippen LogP contribution in [-0.4, -0.2) is 62.2 Å². The van der Waals surface area contributed by atoms with E-state index in [1.54, 1.807) is 0 Å². The number of nitrogens with one attached hydrogen (secondary N) is 1. The molecule has 5 heterocycles. The Kier molecular flexibility index (Phi) is 8.75. The molecule has 1 spiro atoms. The van der Waals surface area contributed by atoms with Crippen LogP contribution in [0.25, 0.3) is 5.65 Å². The number of imidazole rings is 1. The fourth-order valence-corrected chi connectivity index (χ4v) is 6.34. The van der Waals surface area contributed by atoms with Crippen LogP contribution < -0.4 is 16.0 Å². The molecule has 3 aromatic heterocycles. The minimum Gasteiger partial charge on any atom is -0.390 e. The molecule has 2 atom stereocenters. The fraction of sp³-hybridized carbons (Fsp3) is 0.520. The zero-order chi connectivity index (χ0) is 26.3. The number of carbonyl (C=O) groups excluding carboxylic acids is 1. The highest BCUT2D eigenvalue weighted by Crippen LogP contribution is 2.42. The van der Waals surface area contributed by atoms with E-state index in [0.717, 1.165) is 42.3 Å². The van der Waals surface area contributed by atoms with Gasteiger partial charge in [-0.05, 0) is 32.8 Å². The van der Waals surface area contributed by atoms with E-state index >= 15 is 0 Å². The lowest BCUT2D eigenvalue weighted by atomic mass is 9.73. The summed E-state index contributed by atoms with van der Waals surface area (Å²) in [4.78, 5) is 28.4. The van der Waals surface area contributed by atoms with E-state index in [1.807, 2.05) is 36.7 Å². The van der Waals surface area contributed by atoms with Gasteiger partial charge in [0.1, 0.15) is 10.7 Å². The van der Waals surface area contributed by atoms with E-state index in [-0.39, 0.29) is 42.5 Å². The lowest BCUT2D eigenvalue weighted by Crippen LogP contribution is -2.51. The maximum absolute atomic E-state index is 11.2. The van der Waals surface area contributed by atoms with Crippen molar-refractivity contribution in [1.29, 1.82) is 0 Å². The standard InChI is InChI=1S/C25H32ClN7O3S.ClH/c1-14-24(37-19-4-7-33-11-17(10-28-16(3)35)30-23(33)20(19)26)31-18(12-34)22(29-14)32-8-5-25(6-9-32)13-36-15(2)21(25)27;/h4,7,11,15,21,34H,5-6,8-10,12-13,27H2,1-3H3,(H,28,35);1H/t15-,21+;/m0./s1. The molecule has 2 fully saturated rings. The summed E-state index contributed by atoms with van der Waals surface area (Å²) in [7, 11) is 0. The van der Waals surface area contributed by atoms with Crippen molar-refractivity contribution in [1.82, 2.24) is 24.7 Å². The molecule has 0 saturated carbocycles. The van der Waals surface area contributed by atoms with Crippen molar-refractivity contribution in [3.05, 3.63) is 40.6 Å². The Labute approximate surface area is 237 Å². The SMILES string of the molecule is CC(=O)NCc1cn2ccc(Sc3nc(CO)c(N4CCC5(CC4)CO[C@@H](C)[C@H]5N)nc3C)c(Cl)c2n1.Cl. The number of pyridine rings is 1. The fourth-order valence-electron chi connectivity index (χ4n) is 5.15. The van der Waals surface area contributed by atoms with Gasteiger partial charge < -0.3 is 30.2 Å². The molecule has 2 saturated heterocycles. The first kappa shape index (κ1) is 28.8. The zero-order valence-electron chi connectivity index (χ0n) is 21.6. The largest absolute Gasteiger partial charge is 0.390 e. The number of fused-ring (bicyclic) bond motifs is 1. The number of halogens is 2. The second-order valence-corrected chi connectivity index (χ2v) is 11.3. The maximum atomic E-state index is 11.2. The number of aliphatic hydroxyl groups excluding tert-OH is 1. The van der Waals surface area contributed by atoms with Gasteiger partial charge in [-0.3, -0.25) is 4.79 Å². The van der Waals surface area contributed by atoms with Crippen molar-refractivity contribution in [2.45, 2.75) is 68.8 Å². The number of nitrogens with zero attached hydrogens (tertiary/aromatic N) is 5. The first-order valence-corrected chi connectivity index (χ1v) is 13.6. The van der Waals surface area contributed by atoms with E-state index in [1.165, 1.54) is 18.7 Å². The molecule has 0 bridgehead atoms. The van der Waals surface area contributed by atoms with E-state index in [2.05, 4.69) is 15.2 Å². The summed E-state index contributed by atoms with van der Waals surface area (Å²) in [6.07, 6.45) is 5.63. The van der Waals surface area contributed by atoms with E-state index in [0.29, 0.717) is 40.2 Å². The molecule has 5 rings (SSSR count). The molecular weight excluding hydrogens is 549 g/mol. The maximum Gasteiger partial charge on any atom is 0.217 e. The quantitative estimate of drug-likeness (QED) is 0.401. The van der Waals surface area contributed by atoms with Gasteiger partial charge >= 0.3 is 0 Å². The normalized spacial score (nSPS) is 20.6. The van der Waals surface area contributed by atoms with Crippen molar-refractivity contribution in [3.8, 4) is 0 Å². The summed E-state index contributed by atoms with van der Waals surface area (Å²) < 4.78 is 7.68. The summed E-state index contributed by atoms with van der Waals surface area (Å²) >= 11 is 8.10. The van der Waals surface area contributed by atoms with Crippen LogP contribution in [0.5, 0.6) is 0 Å². The highest BCUT2D eigenvalue weighted by atomic mass is 35.5. The molecule has 4 N–H and O–H groups in total. The average Bonchev–Trinajstić information content (AvgIpc) is 3.43. The lowest BCUT2D eigenvalue weighted by molar-refractivity contribution is -0.119. The molecule has 10 nitrogen and oxygen atoms in total. The van der Waals surface area contributed by atoms with Gasteiger partial charge in [0.05, 0.1) is 42.3 Å². The first-order chi connectivity index (χ1) is 17.7. The number of ether oxygens (including phenoxy) is 1. The molecule has 3 aromatic rings. The van der Waals surface area contributed by atoms with Gasteiger partial charge in [-0.25, -0.2) is 15.0 Å². The van der Waals surface area contributed by atoms with Gasteiger partial charge in [-0.2, -0.15) is 0 Å². The van der Waals surface area contributed by atoms with Crippen LogP contribution in [0.2, 0.25) is 5.02 Å². The number of aromatic nitrogens is 4. The van der Waals surface area contributed by atoms with Crippen molar-refractivity contribution in [3.63, 3.8) is 0 Å². The van der Waals surface area contributed by atoms with Crippen molar-refractivity contribution in [2.24, 2.45) is 11.1 Å². The Bertz CT molecular complexity index is 1330. The Morgan fingerprint density at radius 1 is 1.34 bits per heavy atom. The van der Waals surface area contributed by atoms with E-state index < -0.39 is 0 Å². The van der Waals surface area contributed by atoms with Gasteiger partial charge in [-0.1, -0.05) is 23.4 Å². The Morgan fingerprint density at radius 2 is 2.08 bits per heavy atom. The third kappa shape index (κ3) is 5.45. The number of anilines is 1. The highest BCUT2D eigenvalue weighted by Gasteiger charge is 2.47. The third-order valence-corrected chi connectivity index (χ3v) is 9.06. The second kappa shape index (κ2) is 11.5. The Hall–Kier alpha value is -2.15. The summed E-state index contributed by atoms with van der Waals surface area (Å²) in [6, 6.07) is 1.94. The average molecular weight is 583 g/mol. The molecule has 1 amide bonds. The first-order valence-electron chi connectivity index (χ1n) is 12.4. The number of rotatable bonds is 6. The van der Waals surface area contributed by atoms with E-state index in [9.17, 15) is 9.90 Å². The minimum absolute atomic E-state index is 0. The molecule has 2 aliphatic rings. The van der Waals surface area contributed by atoms with Crippen molar-refractivity contribution >= 4 is 53.1 Å². The predicted octanol–water partition coefficient (Wildman–Crippen LogP) is 3.12. The molecule has 0 aromatic carbocycles. The number of amides is 1. The smallest absolute Gasteiger partial charge is 0.217 e. The van der Waals surface area contributed by atoms with Crippen molar-refractivity contribution < 1.29 is 14.6 Å². The number of piperidine rings is 1. The van der Waals surface area contributed by atoms with Crippen LogP contribution in [0.1, 0.15) is 43.8 Å². The topological polar surface area (TPSA) is 131 Å². The highest BCUT2D eigenvalue weighted by molar-refractivity contribution is 7.99. The summed E-state index contributed by atoms with van der Waals surface area (Å²) in [5.74, 6) is 0.600. The van der Waals surface area contributed by atoms with Gasteiger partial charge in [0.2, 0.25) is 5.91 Å². The van der Waals surface area contributed by atoms with Gasteiger partial charge in [-0.15, -0.1) is 12.4 Å². The van der Waals surface area contributed by atoms with Crippen LogP contribution in [0, 0.1) is 12.3 Å². The van der Waals surface area contributed by atoms with Gasteiger partial charge in [0.15, 0.2) is 11.5 Å². The molecule has 2 aliphatic heterocycles. The lowest BCUT2D eigenvalue weighted by Gasteiger charge is -2.42. The van der Waals surface area contributed by atoms with Crippen LogP contribution in [0.4, 0.5) is 5.82 Å². The van der Waals surface area contributed by atoms with Crippen LogP contribution in [-0.2, 0) is 22.7 Å². The molecular formula is C25H33Cl2N7O3S. The Balaban J connectivity index is 0.00000336. The third-order valence-electron chi connectivity index (χ3n) is 7.44. The summed E-state index contributed by atoms with van der Waals surface area (Å²) in [5, 5.41) is 14.1. The molecule has 206 valence electrons. The summed E-state index contributed by atoms with van der Waals surface area (Å²) in [6.45, 7) is 7.83. The predicted molar refractivity (Wildman–Crippen MR) is 149 cm³/mol. The number of aliphatic hydroxyl groups is 1. The van der Waals surface area contributed by atoms with E-state index in [4.69, 9.17) is 32.0 Å². The number of hydrogen-bond acceptors (Lipinski definition) is 9. The zero-order valence-corrected chi connectivity index (χ0v) is 24.0. The van der Waals surface area contributed by atoms with Crippen molar-refractivity contribution in [2.75, 3.05) is 24.6 Å².